The van der Waals surface area contributed by atoms with Crippen molar-refractivity contribution < 1.29 is 19.1 Å². The molecule has 0 atom stereocenters. The van der Waals surface area contributed by atoms with Crippen molar-refractivity contribution in [3.05, 3.63) is 24.3 Å². The zero-order valence-electron chi connectivity index (χ0n) is 14.4. The molecule has 0 unspecified atom stereocenters. The van der Waals surface area contributed by atoms with E-state index in [1.165, 1.54) is 0 Å². The summed E-state index contributed by atoms with van der Waals surface area (Å²) in [7, 11) is 0. The molecule has 24 heavy (non-hydrogen) atoms. The van der Waals surface area contributed by atoms with Gasteiger partial charge >= 0.3 is 0 Å². The van der Waals surface area contributed by atoms with Gasteiger partial charge in [0.1, 0.15) is 11.5 Å². The number of amides is 2. The van der Waals surface area contributed by atoms with Crippen LogP contribution in [0.15, 0.2) is 24.3 Å². The van der Waals surface area contributed by atoms with Gasteiger partial charge in [0, 0.05) is 25.6 Å². The van der Waals surface area contributed by atoms with Crippen LogP contribution in [0, 0.1) is 0 Å². The molecular formula is C18H26N2O4. The topological polar surface area (TPSA) is 67.9 Å². The van der Waals surface area contributed by atoms with Gasteiger partial charge in [-0.2, -0.15) is 0 Å². The fourth-order valence-electron chi connectivity index (χ4n) is 2.71. The van der Waals surface area contributed by atoms with E-state index in [4.69, 9.17) is 9.47 Å². The van der Waals surface area contributed by atoms with Gasteiger partial charge < -0.3 is 19.7 Å². The van der Waals surface area contributed by atoms with E-state index in [2.05, 4.69) is 5.32 Å². The number of benzene rings is 1. The Bertz CT molecular complexity index is 536. The second-order valence-corrected chi connectivity index (χ2v) is 5.77. The van der Waals surface area contributed by atoms with E-state index in [0.29, 0.717) is 31.9 Å². The molecule has 1 saturated heterocycles. The lowest BCUT2D eigenvalue weighted by molar-refractivity contribution is -0.132. The van der Waals surface area contributed by atoms with Crippen LogP contribution in [0.2, 0.25) is 0 Å². The Morgan fingerprint density at radius 2 is 1.67 bits per heavy atom. The molecule has 1 aromatic rings. The van der Waals surface area contributed by atoms with Crippen LogP contribution < -0.4 is 14.8 Å². The van der Waals surface area contributed by atoms with Gasteiger partial charge in [-0.05, 0) is 44.0 Å². The Labute approximate surface area is 143 Å². The second-order valence-electron chi connectivity index (χ2n) is 5.77. The monoisotopic (exact) mass is 334 g/mol. The zero-order valence-corrected chi connectivity index (χ0v) is 14.4. The van der Waals surface area contributed by atoms with Crippen molar-refractivity contribution in [2.75, 3.05) is 26.3 Å². The lowest BCUT2D eigenvalue weighted by Gasteiger charge is -2.32. The molecule has 0 radical (unpaired) electrons. The van der Waals surface area contributed by atoms with Gasteiger partial charge in [-0.1, -0.05) is 6.92 Å². The maximum Gasteiger partial charge on any atom is 0.258 e. The molecule has 0 saturated carbocycles. The minimum atomic E-state index is -0.135. The number of rotatable bonds is 7. The van der Waals surface area contributed by atoms with Crippen LogP contribution in [-0.4, -0.2) is 49.1 Å². The van der Waals surface area contributed by atoms with Crippen molar-refractivity contribution in [2.24, 2.45) is 0 Å². The van der Waals surface area contributed by atoms with Gasteiger partial charge in [-0.3, -0.25) is 9.59 Å². The highest BCUT2D eigenvalue weighted by atomic mass is 16.5. The molecule has 2 amide bonds. The quantitative estimate of drug-likeness (QED) is 0.828. The predicted molar refractivity (Wildman–Crippen MR) is 91.1 cm³/mol. The zero-order chi connectivity index (χ0) is 17.4. The predicted octanol–water partition coefficient (Wildman–Crippen LogP) is 1.98. The van der Waals surface area contributed by atoms with E-state index < -0.39 is 0 Å². The molecule has 6 nitrogen and oxygen atoms in total. The van der Waals surface area contributed by atoms with Gasteiger partial charge in [0.2, 0.25) is 5.91 Å². The number of carbonyl (C=O) groups excluding carboxylic acids is 2. The Morgan fingerprint density at radius 3 is 2.21 bits per heavy atom. The normalized spacial score (nSPS) is 15.0. The third kappa shape index (κ3) is 5.44. The molecule has 1 fully saturated rings. The van der Waals surface area contributed by atoms with E-state index >= 15 is 0 Å². The summed E-state index contributed by atoms with van der Waals surface area (Å²) >= 11 is 0. The molecule has 1 aliphatic rings. The lowest BCUT2D eigenvalue weighted by Crippen LogP contribution is -2.47. The Hall–Kier alpha value is -2.24. The SMILES string of the molecule is CCOc1ccc(OCC(=O)NC2CCN(C(=O)CC)CC2)cc1. The highest BCUT2D eigenvalue weighted by Crippen LogP contribution is 2.17. The summed E-state index contributed by atoms with van der Waals surface area (Å²) < 4.78 is 10.8. The molecule has 6 heteroatoms. The Balaban J connectivity index is 1.69. The summed E-state index contributed by atoms with van der Waals surface area (Å²) in [4.78, 5) is 25.5. The van der Waals surface area contributed by atoms with E-state index in [9.17, 15) is 9.59 Å². The highest BCUT2D eigenvalue weighted by Gasteiger charge is 2.22. The number of ether oxygens (including phenoxy) is 2. The number of carbonyl (C=O) groups is 2. The van der Waals surface area contributed by atoms with Gasteiger partial charge in [-0.15, -0.1) is 0 Å². The van der Waals surface area contributed by atoms with Gasteiger partial charge in [-0.25, -0.2) is 0 Å². The van der Waals surface area contributed by atoms with Gasteiger partial charge in [0.25, 0.3) is 5.91 Å². The van der Waals surface area contributed by atoms with Crippen molar-refractivity contribution >= 4 is 11.8 Å². The smallest absolute Gasteiger partial charge is 0.258 e. The van der Waals surface area contributed by atoms with Crippen LogP contribution in [0.1, 0.15) is 33.1 Å². The molecule has 0 spiro atoms. The number of nitrogens with one attached hydrogen (secondary N) is 1. The maximum absolute atomic E-state index is 12.0. The van der Waals surface area contributed by atoms with E-state index in [0.717, 1.165) is 18.6 Å². The number of hydrogen-bond acceptors (Lipinski definition) is 4. The average Bonchev–Trinajstić information content (AvgIpc) is 2.61. The third-order valence-electron chi connectivity index (χ3n) is 4.02. The van der Waals surface area contributed by atoms with Crippen LogP contribution in [-0.2, 0) is 9.59 Å². The molecule has 1 aromatic carbocycles. The largest absolute Gasteiger partial charge is 0.494 e. The van der Waals surface area contributed by atoms with Crippen LogP contribution in [0.5, 0.6) is 11.5 Å². The first kappa shape index (κ1) is 18.1. The standard InChI is InChI=1S/C18H26N2O4/c1-3-18(22)20-11-9-14(10-12-20)19-17(21)13-24-16-7-5-15(6-8-16)23-4-2/h5-8,14H,3-4,9-13H2,1-2H3,(H,19,21). The third-order valence-corrected chi connectivity index (χ3v) is 4.02. The van der Waals surface area contributed by atoms with Crippen molar-refractivity contribution in [2.45, 2.75) is 39.2 Å². The van der Waals surface area contributed by atoms with E-state index in [-0.39, 0.29) is 24.5 Å². The molecule has 1 N–H and O–H groups in total. The molecule has 2 rings (SSSR count). The fourth-order valence-corrected chi connectivity index (χ4v) is 2.71. The first-order valence-corrected chi connectivity index (χ1v) is 8.55. The van der Waals surface area contributed by atoms with Crippen LogP contribution in [0.3, 0.4) is 0 Å². The minimum absolute atomic E-state index is 0.0118. The Kier molecular flexibility index (Phi) is 6.90. The molecule has 1 aliphatic heterocycles. The highest BCUT2D eigenvalue weighted by molar-refractivity contribution is 5.78. The number of hydrogen-bond donors (Lipinski definition) is 1. The summed E-state index contributed by atoms with van der Waals surface area (Å²) in [6.07, 6.45) is 2.12. The summed E-state index contributed by atoms with van der Waals surface area (Å²) in [5.41, 5.74) is 0. The first-order chi connectivity index (χ1) is 11.6. The summed E-state index contributed by atoms with van der Waals surface area (Å²) in [5.74, 6) is 1.46. The summed E-state index contributed by atoms with van der Waals surface area (Å²) in [6.45, 7) is 5.81. The number of nitrogens with zero attached hydrogens (tertiary/aromatic N) is 1. The fraction of sp³-hybridized carbons (Fsp3) is 0.556. The van der Waals surface area contributed by atoms with Crippen LogP contribution >= 0.6 is 0 Å². The molecule has 0 aliphatic carbocycles. The summed E-state index contributed by atoms with van der Waals surface area (Å²) in [6, 6.07) is 7.32. The lowest BCUT2D eigenvalue weighted by atomic mass is 10.0. The van der Waals surface area contributed by atoms with Crippen molar-refractivity contribution in [3.63, 3.8) is 0 Å². The molecule has 0 bridgehead atoms. The van der Waals surface area contributed by atoms with Crippen LogP contribution in [0.4, 0.5) is 0 Å². The number of piperidine rings is 1. The average molecular weight is 334 g/mol. The molecule has 0 aromatic heterocycles. The van der Waals surface area contributed by atoms with Crippen molar-refractivity contribution in [3.8, 4) is 11.5 Å². The Morgan fingerprint density at radius 1 is 1.08 bits per heavy atom. The van der Waals surface area contributed by atoms with Crippen molar-refractivity contribution in [1.29, 1.82) is 0 Å². The molecular weight excluding hydrogens is 308 g/mol. The molecule has 132 valence electrons. The van der Waals surface area contributed by atoms with E-state index in [1.807, 2.05) is 30.9 Å². The van der Waals surface area contributed by atoms with Crippen LogP contribution in [0.25, 0.3) is 0 Å². The molecule has 1 heterocycles. The second kappa shape index (κ2) is 9.15. The first-order valence-electron chi connectivity index (χ1n) is 8.55. The maximum atomic E-state index is 12.0. The van der Waals surface area contributed by atoms with Crippen molar-refractivity contribution in [1.82, 2.24) is 10.2 Å². The van der Waals surface area contributed by atoms with E-state index in [1.54, 1.807) is 12.1 Å². The number of likely N-dealkylation sites (tertiary alicyclic amines) is 1. The minimum Gasteiger partial charge on any atom is -0.494 e. The van der Waals surface area contributed by atoms with Gasteiger partial charge in [0.05, 0.1) is 6.61 Å². The summed E-state index contributed by atoms with van der Waals surface area (Å²) in [5, 5.41) is 2.97. The van der Waals surface area contributed by atoms with Gasteiger partial charge in [0.15, 0.2) is 6.61 Å².